The number of ether oxygens (including phenoxy) is 1. The zero-order chi connectivity index (χ0) is 14.0. The molecule has 0 radical (unpaired) electrons. The van der Waals surface area contributed by atoms with Crippen LogP contribution >= 0.6 is 0 Å². The van der Waals surface area contributed by atoms with Gasteiger partial charge >= 0.3 is 0 Å². The predicted molar refractivity (Wildman–Crippen MR) is 77.0 cm³/mol. The lowest BCUT2D eigenvalue weighted by atomic mass is 9.70. The molecule has 1 nitrogen and oxygen atoms in total. The number of rotatable bonds is 4. The molecular weight excluding hydrogens is 208 g/mol. The molecule has 0 fully saturated rings. The van der Waals surface area contributed by atoms with Gasteiger partial charge in [0.15, 0.2) is 0 Å². The lowest BCUT2D eigenvalue weighted by molar-refractivity contribution is -0.0445. The lowest BCUT2D eigenvalue weighted by Crippen LogP contribution is -2.42. The van der Waals surface area contributed by atoms with Gasteiger partial charge in [-0.3, -0.25) is 0 Å². The minimum Gasteiger partial charge on any atom is -0.492 e. The standard InChI is InChI=1S/C16H30O/c1-11(2)13(5)15(7,8)16(9,10)17-14(6)12(3)4/h1-10H3. The van der Waals surface area contributed by atoms with Crippen LogP contribution in [-0.2, 0) is 4.74 Å². The van der Waals surface area contributed by atoms with Gasteiger partial charge in [0.1, 0.15) is 5.60 Å². The van der Waals surface area contributed by atoms with E-state index in [2.05, 4.69) is 62.3 Å². The maximum Gasteiger partial charge on any atom is 0.112 e. The van der Waals surface area contributed by atoms with Crippen LogP contribution in [0.3, 0.4) is 0 Å². The molecular formula is C16H30O. The van der Waals surface area contributed by atoms with Crippen molar-refractivity contribution in [2.24, 2.45) is 5.41 Å². The smallest absolute Gasteiger partial charge is 0.112 e. The SMILES string of the molecule is CC(C)=C(C)OC(C)(C)C(C)(C)C(C)=C(C)C. The summed E-state index contributed by atoms with van der Waals surface area (Å²) < 4.78 is 6.18. The van der Waals surface area contributed by atoms with Crippen molar-refractivity contribution < 1.29 is 4.74 Å². The molecule has 17 heavy (non-hydrogen) atoms. The van der Waals surface area contributed by atoms with E-state index in [0.717, 1.165) is 5.76 Å². The lowest BCUT2D eigenvalue weighted by Gasteiger charge is -2.43. The Bertz CT molecular complexity index is 333. The number of hydrogen-bond acceptors (Lipinski definition) is 1. The van der Waals surface area contributed by atoms with Crippen molar-refractivity contribution >= 4 is 0 Å². The van der Waals surface area contributed by atoms with E-state index in [0.29, 0.717) is 0 Å². The maximum atomic E-state index is 6.18. The zero-order valence-corrected chi connectivity index (χ0v) is 13.4. The Morgan fingerprint density at radius 2 is 1.12 bits per heavy atom. The zero-order valence-electron chi connectivity index (χ0n) is 13.4. The molecule has 0 spiro atoms. The first kappa shape index (κ1) is 16.3. The minimum absolute atomic E-state index is 0.0164. The highest BCUT2D eigenvalue weighted by Crippen LogP contribution is 2.42. The quantitative estimate of drug-likeness (QED) is 0.465. The molecule has 0 aliphatic carbocycles. The average Bonchev–Trinajstić information content (AvgIpc) is 2.14. The molecule has 0 aromatic carbocycles. The predicted octanol–water partition coefficient (Wildman–Crippen LogP) is 5.48. The fourth-order valence-electron chi connectivity index (χ4n) is 1.69. The fraction of sp³-hybridized carbons (Fsp3) is 0.750. The van der Waals surface area contributed by atoms with E-state index in [1.165, 1.54) is 16.7 Å². The first-order chi connectivity index (χ1) is 7.43. The number of allylic oxidation sites excluding steroid dienone is 3. The van der Waals surface area contributed by atoms with Gasteiger partial charge in [-0.2, -0.15) is 0 Å². The van der Waals surface area contributed by atoms with Gasteiger partial charge in [-0.15, -0.1) is 0 Å². The van der Waals surface area contributed by atoms with Crippen LogP contribution in [0, 0.1) is 5.41 Å². The van der Waals surface area contributed by atoms with Crippen LogP contribution in [0.15, 0.2) is 22.5 Å². The third kappa shape index (κ3) is 3.62. The van der Waals surface area contributed by atoms with Gasteiger partial charge in [0.2, 0.25) is 0 Å². The summed E-state index contributed by atoms with van der Waals surface area (Å²) in [4.78, 5) is 0. The van der Waals surface area contributed by atoms with Crippen LogP contribution in [-0.4, -0.2) is 5.60 Å². The Hall–Kier alpha value is -0.720. The molecule has 0 amide bonds. The Kier molecular flexibility index (Phi) is 5.06. The Labute approximate surface area is 108 Å². The molecule has 100 valence electrons. The monoisotopic (exact) mass is 238 g/mol. The highest BCUT2D eigenvalue weighted by atomic mass is 16.5. The van der Waals surface area contributed by atoms with E-state index < -0.39 is 0 Å². The number of hydrogen-bond donors (Lipinski definition) is 0. The van der Waals surface area contributed by atoms with E-state index in [1.54, 1.807) is 0 Å². The van der Waals surface area contributed by atoms with Crippen LogP contribution in [0.5, 0.6) is 0 Å². The molecule has 0 saturated carbocycles. The van der Waals surface area contributed by atoms with E-state index in [4.69, 9.17) is 4.74 Å². The molecule has 0 rings (SSSR count). The Morgan fingerprint density at radius 1 is 0.706 bits per heavy atom. The molecule has 0 saturated heterocycles. The summed E-state index contributed by atoms with van der Waals surface area (Å²) in [5.74, 6) is 1.03. The molecule has 0 bridgehead atoms. The maximum absolute atomic E-state index is 6.18. The van der Waals surface area contributed by atoms with E-state index in [-0.39, 0.29) is 11.0 Å². The van der Waals surface area contributed by atoms with Crippen molar-refractivity contribution in [2.45, 2.75) is 74.8 Å². The second-order valence-electron chi connectivity index (χ2n) is 6.42. The third-order valence-electron chi connectivity index (χ3n) is 4.31. The van der Waals surface area contributed by atoms with Crippen LogP contribution in [0.25, 0.3) is 0 Å². The summed E-state index contributed by atoms with van der Waals surface area (Å²) in [6, 6.07) is 0. The summed E-state index contributed by atoms with van der Waals surface area (Å²) in [6.45, 7) is 21.6. The topological polar surface area (TPSA) is 9.23 Å². The van der Waals surface area contributed by atoms with Crippen molar-refractivity contribution in [3.8, 4) is 0 Å². The van der Waals surface area contributed by atoms with Gasteiger partial charge in [0, 0.05) is 5.41 Å². The summed E-state index contributed by atoms with van der Waals surface area (Å²) in [5.41, 5.74) is 3.83. The molecule has 1 heteroatoms. The van der Waals surface area contributed by atoms with Gasteiger partial charge < -0.3 is 4.74 Å². The molecule has 0 heterocycles. The Morgan fingerprint density at radius 3 is 1.41 bits per heavy atom. The first-order valence-corrected chi connectivity index (χ1v) is 6.41. The molecule has 0 aromatic heterocycles. The van der Waals surface area contributed by atoms with Crippen molar-refractivity contribution in [1.29, 1.82) is 0 Å². The van der Waals surface area contributed by atoms with Crippen LogP contribution in [0.1, 0.15) is 69.2 Å². The van der Waals surface area contributed by atoms with E-state index in [9.17, 15) is 0 Å². The molecule has 0 N–H and O–H groups in total. The Balaban J connectivity index is 5.33. The fourth-order valence-corrected chi connectivity index (χ4v) is 1.69. The van der Waals surface area contributed by atoms with Gasteiger partial charge in [0.05, 0.1) is 5.76 Å². The first-order valence-electron chi connectivity index (χ1n) is 6.41. The molecule has 0 unspecified atom stereocenters. The van der Waals surface area contributed by atoms with Gasteiger partial charge in [-0.05, 0) is 61.0 Å². The minimum atomic E-state index is -0.213. The van der Waals surface area contributed by atoms with Crippen molar-refractivity contribution in [2.75, 3.05) is 0 Å². The summed E-state index contributed by atoms with van der Waals surface area (Å²) in [5, 5.41) is 0. The highest BCUT2D eigenvalue weighted by molar-refractivity contribution is 5.20. The second-order valence-corrected chi connectivity index (χ2v) is 6.42. The van der Waals surface area contributed by atoms with Crippen LogP contribution in [0.4, 0.5) is 0 Å². The summed E-state index contributed by atoms with van der Waals surface area (Å²) >= 11 is 0. The van der Waals surface area contributed by atoms with Gasteiger partial charge in [0.25, 0.3) is 0 Å². The van der Waals surface area contributed by atoms with E-state index >= 15 is 0 Å². The van der Waals surface area contributed by atoms with Crippen LogP contribution in [0.2, 0.25) is 0 Å². The summed E-state index contributed by atoms with van der Waals surface area (Å²) in [7, 11) is 0. The molecule has 0 aliphatic rings. The third-order valence-corrected chi connectivity index (χ3v) is 4.31. The average molecular weight is 238 g/mol. The summed E-state index contributed by atoms with van der Waals surface area (Å²) in [6.07, 6.45) is 0. The second kappa shape index (κ2) is 5.29. The molecule has 0 aromatic rings. The highest BCUT2D eigenvalue weighted by Gasteiger charge is 2.40. The van der Waals surface area contributed by atoms with Crippen molar-refractivity contribution in [1.82, 2.24) is 0 Å². The van der Waals surface area contributed by atoms with Gasteiger partial charge in [-0.25, -0.2) is 0 Å². The largest absolute Gasteiger partial charge is 0.492 e. The molecule has 0 atom stereocenters. The normalized spacial score (nSPS) is 12.1. The van der Waals surface area contributed by atoms with Crippen molar-refractivity contribution in [3.63, 3.8) is 0 Å². The molecule has 0 aliphatic heterocycles. The van der Waals surface area contributed by atoms with Crippen LogP contribution < -0.4 is 0 Å². The van der Waals surface area contributed by atoms with E-state index in [1.807, 2.05) is 6.92 Å². The van der Waals surface area contributed by atoms with Gasteiger partial charge in [-0.1, -0.05) is 25.0 Å². The van der Waals surface area contributed by atoms with Crippen molar-refractivity contribution in [3.05, 3.63) is 22.5 Å².